The third-order valence-electron chi connectivity index (χ3n) is 7.34. The number of aromatic nitrogens is 1. The van der Waals surface area contributed by atoms with Crippen molar-refractivity contribution in [3.05, 3.63) is 109 Å². The van der Waals surface area contributed by atoms with Gasteiger partial charge in [0.15, 0.2) is 0 Å². The van der Waals surface area contributed by atoms with Crippen LogP contribution in [0.2, 0.25) is 5.02 Å². The molecule has 3 aromatic carbocycles. The van der Waals surface area contributed by atoms with Gasteiger partial charge in [0.05, 0.1) is 28.8 Å². The molecule has 2 unspecified atom stereocenters. The van der Waals surface area contributed by atoms with E-state index in [0.717, 1.165) is 28.0 Å². The molecule has 6 rings (SSSR count). The fourth-order valence-corrected chi connectivity index (χ4v) is 8.28. The van der Waals surface area contributed by atoms with Crippen LogP contribution in [0.3, 0.4) is 0 Å². The van der Waals surface area contributed by atoms with Crippen molar-refractivity contribution in [1.29, 1.82) is 0 Å². The SMILES string of the molecule is CCOC(=O)c1ccc(N2C(=O)C3Sc4c(sc(=O)n4CC(=O)Nc4ccc(Cl)cc4)[C@@H](c4ccc(F)cc4)C3C2=O)cc1. The number of thioether (sulfide) groups is 1. The summed E-state index contributed by atoms with van der Waals surface area (Å²) in [7, 11) is 0. The van der Waals surface area contributed by atoms with Crippen LogP contribution >= 0.6 is 34.7 Å². The number of thiazole rings is 1. The van der Waals surface area contributed by atoms with Gasteiger partial charge in [-0.1, -0.05) is 46.8 Å². The Morgan fingerprint density at radius 2 is 1.64 bits per heavy atom. The van der Waals surface area contributed by atoms with Crippen LogP contribution in [0.5, 0.6) is 0 Å². The number of carbonyl (C=O) groups is 4. The van der Waals surface area contributed by atoms with E-state index in [2.05, 4.69) is 5.32 Å². The Balaban J connectivity index is 1.36. The average Bonchev–Trinajstić information content (AvgIpc) is 3.45. The molecule has 0 aliphatic carbocycles. The lowest BCUT2D eigenvalue weighted by molar-refractivity contribution is -0.122. The van der Waals surface area contributed by atoms with Gasteiger partial charge in [-0.3, -0.25) is 23.7 Å². The molecule has 3 amide bonds. The zero-order valence-electron chi connectivity index (χ0n) is 23.0. The molecule has 9 nitrogen and oxygen atoms in total. The van der Waals surface area contributed by atoms with Crippen LogP contribution in [-0.4, -0.2) is 40.1 Å². The first-order valence-electron chi connectivity index (χ1n) is 13.5. The van der Waals surface area contributed by atoms with E-state index in [-0.39, 0.29) is 24.4 Å². The summed E-state index contributed by atoms with van der Waals surface area (Å²) in [5.41, 5.74) is 1.61. The van der Waals surface area contributed by atoms with Gasteiger partial charge >= 0.3 is 10.8 Å². The Morgan fingerprint density at radius 1 is 0.955 bits per heavy atom. The molecule has 224 valence electrons. The van der Waals surface area contributed by atoms with Crippen molar-refractivity contribution in [2.45, 2.75) is 29.7 Å². The first-order chi connectivity index (χ1) is 21.2. The number of rotatable bonds is 7. The summed E-state index contributed by atoms with van der Waals surface area (Å²) in [4.78, 5) is 67.4. The van der Waals surface area contributed by atoms with E-state index in [0.29, 0.717) is 26.2 Å². The normalized spacial score (nSPS) is 19.0. The van der Waals surface area contributed by atoms with Gasteiger partial charge in [0, 0.05) is 21.5 Å². The van der Waals surface area contributed by atoms with Gasteiger partial charge in [-0.05, 0) is 73.2 Å². The molecule has 0 bridgehead atoms. The molecule has 1 saturated heterocycles. The van der Waals surface area contributed by atoms with Crippen LogP contribution < -0.4 is 15.1 Å². The fourth-order valence-electron chi connectivity index (χ4n) is 5.38. The summed E-state index contributed by atoms with van der Waals surface area (Å²) in [6, 6.07) is 18.1. The van der Waals surface area contributed by atoms with E-state index in [1.165, 1.54) is 53.1 Å². The summed E-state index contributed by atoms with van der Waals surface area (Å²) < 4.78 is 20.2. The summed E-state index contributed by atoms with van der Waals surface area (Å²) in [6.07, 6.45) is 0. The fraction of sp³-hybridized carbons (Fsp3) is 0.194. The molecular formula is C31H23ClFN3O6S2. The number of ether oxygens (including phenoxy) is 1. The molecule has 13 heteroatoms. The molecule has 44 heavy (non-hydrogen) atoms. The highest BCUT2D eigenvalue weighted by atomic mass is 35.5. The van der Waals surface area contributed by atoms with Gasteiger partial charge in [0.25, 0.3) is 0 Å². The Bertz CT molecular complexity index is 1840. The molecule has 0 radical (unpaired) electrons. The van der Waals surface area contributed by atoms with Crippen molar-refractivity contribution in [3.63, 3.8) is 0 Å². The minimum Gasteiger partial charge on any atom is -0.462 e. The predicted octanol–water partition coefficient (Wildman–Crippen LogP) is 5.31. The third-order valence-corrected chi connectivity index (χ3v) is 10.2. The molecule has 4 aromatic rings. The molecule has 0 saturated carbocycles. The number of imide groups is 1. The molecule has 3 heterocycles. The van der Waals surface area contributed by atoms with E-state index in [4.69, 9.17) is 16.3 Å². The quantitative estimate of drug-likeness (QED) is 0.213. The van der Waals surface area contributed by atoms with Crippen LogP contribution in [0.25, 0.3) is 0 Å². The topological polar surface area (TPSA) is 115 Å². The van der Waals surface area contributed by atoms with Crippen molar-refractivity contribution in [2.75, 3.05) is 16.8 Å². The van der Waals surface area contributed by atoms with Gasteiger partial charge < -0.3 is 10.1 Å². The lowest BCUT2D eigenvalue weighted by atomic mass is 9.83. The number of carbonyl (C=O) groups excluding carboxylic acids is 4. The molecule has 3 atom stereocenters. The number of hydrogen-bond acceptors (Lipinski definition) is 8. The molecule has 2 aliphatic heterocycles. The lowest BCUT2D eigenvalue weighted by Gasteiger charge is -2.30. The summed E-state index contributed by atoms with van der Waals surface area (Å²) in [5.74, 6) is -4.08. The number of nitrogens with one attached hydrogen (secondary N) is 1. The highest BCUT2D eigenvalue weighted by Gasteiger charge is 2.56. The Kier molecular flexibility index (Phi) is 8.14. The minimum absolute atomic E-state index is 0.201. The maximum Gasteiger partial charge on any atom is 0.338 e. The van der Waals surface area contributed by atoms with E-state index in [1.807, 2.05) is 0 Å². The van der Waals surface area contributed by atoms with Gasteiger partial charge in [-0.2, -0.15) is 0 Å². The van der Waals surface area contributed by atoms with Gasteiger partial charge in [-0.25, -0.2) is 14.1 Å². The Labute approximate surface area is 263 Å². The van der Waals surface area contributed by atoms with Gasteiger partial charge in [0.1, 0.15) is 17.6 Å². The summed E-state index contributed by atoms with van der Waals surface area (Å²) >= 11 is 7.89. The van der Waals surface area contributed by atoms with Gasteiger partial charge in [-0.15, -0.1) is 0 Å². The molecular weight excluding hydrogens is 629 g/mol. The highest BCUT2D eigenvalue weighted by Crippen LogP contribution is 2.53. The molecule has 1 aromatic heterocycles. The second kappa shape index (κ2) is 12.0. The number of esters is 1. The lowest BCUT2D eigenvalue weighted by Crippen LogP contribution is -2.33. The largest absolute Gasteiger partial charge is 0.462 e. The first-order valence-corrected chi connectivity index (χ1v) is 15.6. The maximum absolute atomic E-state index is 14.0. The smallest absolute Gasteiger partial charge is 0.338 e. The average molecular weight is 652 g/mol. The van der Waals surface area contributed by atoms with Crippen molar-refractivity contribution in [1.82, 2.24) is 4.57 Å². The van der Waals surface area contributed by atoms with Crippen LogP contribution in [0, 0.1) is 11.7 Å². The minimum atomic E-state index is -0.922. The number of benzene rings is 3. The number of hydrogen-bond donors (Lipinski definition) is 1. The Morgan fingerprint density at radius 3 is 2.30 bits per heavy atom. The van der Waals surface area contributed by atoms with Crippen molar-refractivity contribution in [3.8, 4) is 0 Å². The van der Waals surface area contributed by atoms with E-state index >= 15 is 0 Å². The van der Waals surface area contributed by atoms with Crippen LogP contribution in [0.15, 0.2) is 82.6 Å². The number of fused-ring (bicyclic) bond motifs is 2. The first kappa shape index (κ1) is 29.8. The zero-order valence-corrected chi connectivity index (χ0v) is 25.4. The molecule has 2 aliphatic rings. The summed E-state index contributed by atoms with van der Waals surface area (Å²) in [5, 5.41) is 2.72. The van der Waals surface area contributed by atoms with Gasteiger partial charge in [0.2, 0.25) is 17.7 Å². The molecule has 1 fully saturated rings. The van der Waals surface area contributed by atoms with E-state index in [9.17, 15) is 28.4 Å². The number of nitrogens with zero attached hydrogens (tertiary/aromatic N) is 2. The van der Waals surface area contributed by atoms with Crippen molar-refractivity contribution in [2.24, 2.45) is 5.92 Å². The number of halogens is 2. The van der Waals surface area contributed by atoms with Crippen molar-refractivity contribution < 1.29 is 28.3 Å². The van der Waals surface area contributed by atoms with Crippen LogP contribution in [-0.2, 0) is 25.7 Å². The number of amides is 3. The van der Waals surface area contributed by atoms with E-state index < -0.39 is 51.5 Å². The third kappa shape index (κ3) is 5.44. The predicted molar refractivity (Wildman–Crippen MR) is 165 cm³/mol. The monoisotopic (exact) mass is 651 g/mol. The highest BCUT2D eigenvalue weighted by molar-refractivity contribution is 8.00. The molecule has 1 N–H and O–H groups in total. The second-order valence-corrected chi connectivity index (χ2v) is 12.6. The standard InChI is InChI=1S/C31H23ClFN3O6S2/c1-2-42-30(40)17-5-13-21(14-6-17)36-27(38)24-23(16-3-9-19(33)10-4-16)26-29(43-25(24)28(36)39)35(31(41)44-26)15-22(37)34-20-11-7-18(32)8-12-20/h3-14,23-25H,2,15H2,1H3,(H,34,37)/t23-,24?,25?/m0/s1. The van der Waals surface area contributed by atoms with Crippen molar-refractivity contribution >= 4 is 69.8 Å². The van der Waals surface area contributed by atoms with Crippen LogP contribution in [0.4, 0.5) is 15.8 Å². The summed E-state index contributed by atoms with van der Waals surface area (Å²) in [6.45, 7) is 1.57. The van der Waals surface area contributed by atoms with E-state index in [1.54, 1.807) is 31.2 Å². The molecule has 0 spiro atoms. The maximum atomic E-state index is 14.0. The zero-order chi connectivity index (χ0) is 31.1. The van der Waals surface area contributed by atoms with Crippen LogP contribution in [0.1, 0.15) is 33.6 Å². The number of anilines is 2. The Hall–Kier alpha value is -4.26. The second-order valence-electron chi connectivity index (χ2n) is 10.1.